The van der Waals surface area contributed by atoms with E-state index < -0.39 is 0 Å². The lowest BCUT2D eigenvalue weighted by molar-refractivity contribution is -0.116. The van der Waals surface area contributed by atoms with Crippen LogP contribution in [0.25, 0.3) is 0 Å². The van der Waals surface area contributed by atoms with E-state index in [9.17, 15) is 9.59 Å². The van der Waals surface area contributed by atoms with Gasteiger partial charge < -0.3 is 15.2 Å². The largest absolute Gasteiger partial charge is 0.325 e. The summed E-state index contributed by atoms with van der Waals surface area (Å²) in [5.41, 5.74) is 3.40. The number of carbonyl (C=O) groups excluding carboxylic acids is 2. The minimum Gasteiger partial charge on any atom is -0.325 e. The number of hydrogen-bond donors (Lipinski definition) is 2. The topological polar surface area (TPSA) is 88.9 Å². The summed E-state index contributed by atoms with van der Waals surface area (Å²) in [5.74, 6) is 0.410. The predicted octanol–water partition coefficient (Wildman–Crippen LogP) is 4.73. The average molecular weight is 472 g/mol. The zero-order valence-electron chi connectivity index (χ0n) is 18.3. The predicted molar refractivity (Wildman–Crippen MR) is 129 cm³/mol. The van der Waals surface area contributed by atoms with Gasteiger partial charge in [0, 0.05) is 22.9 Å². The number of benzene rings is 2. The molecule has 0 bridgehead atoms. The van der Waals surface area contributed by atoms with Crippen molar-refractivity contribution in [3.63, 3.8) is 0 Å². The van der Waals surface area contributed by atoms with Gasteiger partial charge in [0.15, 0.2) is 5.16 Å². The molecule has 0 fully saturated rings. The lowest BCUT2D eigenvalue weighted by Crippen LogP contribution is -2.19. The molecule has 3 aromatic rings. The molecule has 2 N–H and O–H groups in total. The summed E-state index contributed by atoms with van der Waals surface area (Å²) in [6, 6.07) is 13.1. The molecular weight excluding hydrogens is 446 g/mol. The number of amides is 2. The zero-order chi connectivity index (χ0) is 23.1. The van der Waals surface area contributed by atoms with Gasteiger partial charge in [0.2, 0.25) is 11.8 Å². The van der Waals surface area contributed by atoms with Crippen LogP contribution in [0.3, 0.4) is 0 Å². The molecule has 2 aromatic carbocycles. The number of aryl methyl sites for hydroxylation is 1. The monoisotopic (exact) mass is 471 g/mol. The number of hydrogen-bond acceptors (Lipinski definition) is 5. The Morgan fingerprint density at radius 3 is 2.47 bits per heavy atom. The normalized spacial score (nSPS) is 10.8. The van der Waals surface area contributed by atoms with E-state index in [0.717, 1.165) is 23.2 Å². The van der Waals surface area contributed by atoms with Gasteiger partial charge in [-0.05, 0) is 49.6 Å². The van der Waals surface area contributed by atoms with Gasteiger partial charge >= 0.3 is 0 Å². The van der Waals surface area contributed by atoms with Crippen molar-refractivity contribution in [3.05, 3.63) is 64.4 Å². The number of aromatic nitrogens is 3. The van der Waals surface area contributed by atoms with E-state index in [4.69, 9.17) is 11.6 Å². The third kappa shape index (κ3) is 5.89. The van der Waals surface area contributed by atoms with Crippen LogP contribution < -0.4 is 10.6 Å². The summed E-state index contributed by atoms with van der Waals surface area (Å²) in [5, 5.41) is 15.4. The maximum Gasteiger partial charge on any atom is 0.234 e. The number of para-hydroxylation sites is 1. The number of nitrogens with zero attached hydrogens (tertiary/aromatic N) is 3. The molecule has 0 atom stereocenters. The summed E-state index contributed by atoms with van der Waals surface area (Å²) < 4.78 is 1.86. The van der Waals surface area contributed by atoms with Crippen LogP contribution in [0.4, 0.5) is 11.4 Å². The molecule has 168 valence electrons. The first-order chi connectivity index (χ1) is 15.4. The third-order valence-corrected chi connectivity index (χ3v) is 6.35. The fraction of sp³-hybridized carbons (Fsp3) is 0.304. The second-order valence-electron chi connectivity index (χ2n) is 7.13. The second kappa shape index (κ2) is 11.2. The maximum absolute atomic E-state index is 12.6. The van der Waals surface area contributed by atoms with E-state index in [1.54, 1.807) is 12.1 Å². The highest BCUT2D eigenvalue weighted by atomic mass is 35.5. The molecule has 9 heteroatoms. The second-order valence-corrected chi connectivity index (χ2v) is 8.48. The molecule has 0 spiro atoms. The van der Waals surface area contributed by atoms with Gasteiger partial charge in [-0.3, -0.25) is 9.59 Å². The van der Waals surface area contributed by atoms with Crippen molar-refractivity contribution in [1.29, 1.82) is 0 Å². The van der Waals surface area contributed by atoms with E-state index in [1.807, 2.05) is 55.7 Å². The van der Waals surface area contributed by atoms with Crippen molar-refractivity contribution in [1.82, 2.24) is 14.8 Å². The minimum absolute atomic E-state index is 0.105. The minimum atomic E-state index is -0.165. The summed E-state index contributed by atoms with van der Waals surface area (Å²) >= 11 is 7.39. The molecule has 0 aliphatic rings. The van der Waals surface area contributed by atoms with Crippen LogP contribution in [0.5, 0.6) is 0 Å². The number of anilines is 2. The van der Waals surface area contributed by atoms with Crippen LogP contribution in [0.15, 0.2) is 47.6 Å². The molecule has 2 amide bonds. The standard InChI is InChI=1S/C23H26ClN5O2S/c1-4-16-9-6-7-11-19(16)26-21(30)13-20-27-28-23(29(20)5-2)32-14-22(31)25-18-12-8-10-17(24)15(18)3/h6-12H,4-5,13-14H2,1-3H3,(H,25,31)(H,26,30). The van der Waals surface area contributed by atoms with Gasteiger partial charge in [0.25, 0.3) is 0 Å². The lowest BCUT2D eigenvalue weighted by Gasteiger charge is -2.11. The van der Waals surface area contributed by atoms with E-state index >= 15 is 0 Å². The highest BCUT2D eigenvalue weighted by Gasteiger charge is 2.17. The Hall–Kier alpha value is -2.84. The molecule has 0 unspecified atom stereocenters. The molecule has 1 aromatic heterocycles. The van der Waals surface area contributed by atoms with Crippen LogP contribution in [0.2, 0.25) is 5.02 Å². The fourth-order valence-corrected chi connectivity index (χ4v) is 4.22. The van der Waals surface area contributed by atoms with Crippen LogP contribution in [0.1, 0.15) is 30.8 Å². The Kier molecular flexibility index (Phi) is 8.30. The average Bonchev–Trinajstić information content (AvgIpc) is 3.17. The molecule has 0 saturated heterocycles. The van der Waals surface area contributed by atoms with E-state index in [1.165, 1.54) is 11.8 Å². The van der Waals surface area contributed by atoms with Gasteiger partial charge in [-0.25, -0.2) is 0 Å². The van der Waals surface area contributed by atoms with Crippen molar-refractivity contribution in [3.8, 4) is 0 Å². The maximum atomic E-state index is 12.6. The smallest absolute Gasteiger partial charge is 0.234 e. The number of rotatable bonds is 9. The summed E-state index contributed by atoms with van der Waals surface area (Å²) in [6.07, 6.45) is 0.937. The van der Waals surface area contributed by atoms with Gasteiger partial charge in [0.05, 0.1) is 12.2 Å². The Balaban J connectivity index is 1.61. The van der Waals surface area contributed by atoms with Gasteiger partial charge in [-0.1, -0.05) is 54.6 Å². The summed E-state index contributed by atoms with van der Waals surface area (Å²) in [4.78, 5) is 25.0. The SMILES string of the molecule is CCc1ccccc1NC(=O)Cc1nnc(SCC(=O)Nc2cccc(Cl)c2C)n1CC. The summed E-state index contributed by atoms with van der Waals surface area (Å²) in [6.45, 7) is 6.45. The molecular formula is C23H26ClN5O2S. The van der Waals surface area contributed by atoms with Gasteiger partial charge in [0.1, 0.15) is 5.82 Å². The highest BCUT2D eigenvalue weighted by Crippen LogP contribution is 2.24. The molecule has 32 heavy (non-hydrogen) atoms. The zero-order valence-corrected chi connectivity index (χ0v) is 19.9. The van der Waals surface area contributed by atoms with Crippen LogP contribution in [0, 0.1) is 6.92 Å². The van der Waals surface area contributed by atoms with Crippen LogP contribution >= 0.6 is 23.4 Å². The van der Waals surface area contributed by atoms with Crippen molar-refractivity contribution >= 4 is 46.6 Å². The number of thioether (sulfide) groups is 1. The van der Waals surface area contributed by atoms with Crippen molar-refractivity contribution < 1.29 is 9.59 Å². The molecule has 0 aliphatic carbocycles. The van der Waals surface area contributed by atoms with Gasteiger partial charge in [-0.2, -0.15) is 0 Å². The van der Waals surface area contributed by atoms with E-state index in [0.29, 0.717) is 28.2 Å². The summed E-state index contributed by atoms with van der Waals surface area (Å²) in [7, 11) is 0. The highest BCUT2D eigenvalue weighted by molar-refractivity contribution is 7.99. The molecule has 3 rings (SSSR count). The third-order valence-electron chi connectivity index (χ3n) is 4.97. The quantitative estimate of drug-likeness (QED) is 0.440. The first-order valence-corrected chi connectivity index (χ1v) is 11.8. The molecule has 7 nitrogen and oxygen atoms in total. The molecule has 0 aliphatic heterocycles. The van der Waals surface area contributed by atoms with Gasteiger partial charge in [-0.15, -0.1) is 10.2 Å². The number of nitrogens with one attached hydrogen (secondary N) is 2. The Bertz CT molecular complexity index is 1120. The first-order valence-electron chi connectivity index (χ1n) is 10.4. The number of halogens is 1. The van der Waals surface area contributed by atoms with Crippen molar-refractivity contribution in [2.45, 2.75) is 45.3 Å². The molecule has 0 saturated carbocycles. The Morgan fingerprint density at radius 1 is 1.00 bits per heavy atom. The number of carbonyl (C=O) groups is 2. The van der Waals surface area contributed by atoms with Crippen LogP contribution in [-0.4, -0.2) is 32.3 Å². The van der Waals surface area contributed by atoms with Crippen LogP contribution in [-0.2, 0) is 29.0 Å². The lowest BCUT2D eigenvalue weighted by atomic mass is 10.1. The Morgan fingerprint density at radius 2 is 1.72 bits per heavy atom. The first kappa shape index (κ1) is 23.8. The molecule has 0 radical (unpaired) electrons. The van der Waals surface area contributed by atoms with Crippen molar-refractivity contribution in [2.24, 2.45) is 0 Å². The van der Waals surface area contributed by atoms with E-state index in [-0.39, 0.29) is 24.0 Å². The fourth-order valence-electron chi connectivity index (χ4n) is 3.22. The molecule has 1 heterocycles. The Labute approximate surface area is 197 Å². The van der Waals surface area contributed by atoms with Crippen molar-refractivity contribution in [2.75, 3.05) is 16.4 Å². The van der Waals surface area contributed by atoms with E-state index in [2.05, 4.69) is 20.8 Å².